The molecule has 31 heavy (non-hydrogen) atoms. The van der Waals surface area contributed by atoms with Crippen molar-refractivity contribution in [1.29, 1.82) is 0 Å². The van der Waals surface area contributed by atoms with Gasteiger partial charge in [0.25, 0.3) is 0 Å². The number of phenolic OH excluding ortho intramolecular Hbond substituents is 1. The zero-order chi connectivity index (χ0) is 22.3. The number of anilines is 1. The molecule has 0 bridgehead atoms. The van der Waals surface area contributed by atoms with Gasteiger partial charge in [-0.1, -0.05) is 55.0 Å². The van der Waals surface area contributed by atoms with E-state index >= 15 is 0 Å². The summed E-state index contributed by atoms with van der Waals surface area (Å²) in [7, 11) is 0. The molecule has 0 heterocycles. The van der Waals surface area contributed by atoms with Gasteiger partial charge in [-0.05, 0) is 74.1 Å². The van der Waals surface area contributed by atoms with E-state index in [1.807, 2.05) is 32.0 Å². The number of benzene rings is 3. The van der Waals surface area contributed by atoms with Crippen molar-refractivity contribution in [2.24, 2.45) is 0 Å². The lowest BCUT2D eigenvalue weighted by molar-refractivity contribution is 0.238. The Balaban J connectivity index is 1.50. The largest absolute Gasteiger partial charge is 0.506 e. The van der Waals surface area contributed by atoms with Gasteiger partial charge in [0.15, 0.2) is 0 Å². The van der Waals surface area contributed by atoms with Crippen molar-refractivity contribution in [2.45, 2.75) is 45.1 Å². The van der Waals surface area contributed by atoms with Crippen molar-refractivity contribution in [3.63, 3.8) is 0 Å². The van der Waals surface area contributed by atoms with Crippen LogP contribution >= 0.6 is 0 Å². The lowest BCUT2D eigenvalue weighted by Gasteiger charge is -2.26. The van der Waals surface area contributed by atoms with E-state index in [1.54, 1.807) is 30.3 Å². The summed E-state index contributed by atoms with van der Waals surface area (Å²) in [5, 5.41) is 16.0. The summed E-state index contributed by atoms with van der Waals surface area (Å²) >= 11 is 0. The van der Waals surface area contributed by atoms with Gasteiger partial charge in [-0.15, -0.1) is 0 Å². The SMILES string of the molecule is CC(C)(CCCCc1ccccc1)NC(=O)Nc1ccc(-c2ccc(F)cc2)cc1O. The Morgan fingerprint density at radius 3 is 2.29 bits per heavy atom. The van der Waals surface area contributed by atoms with Gasteiger partial charge in [0.2, 0.25) is 0 Å². The number of rotatable bonds is 8. The predicted octanol–water partition coefficient (Wildman–Crippen LogP) is 6.51. The zero-order valence-electron chi connectivity index (χ0n) is 18.0. The van der Waals surface area contributed by atoms with Crippen LogP contribution in [0.25, 0.3) is 11.1 Å². The maximum Gasteiger partial charge on any atom is 0.319 e. The summed E-state index contributed by atoms with van der Waals surface area (Å²) < 4.78 is 13.1. The molecule has 2 amide bonds. The second-order valence-corrected chi connectivity index (χ2v) is 8.39. The van der Waals surface area contributed by atoms with Crippen molar-refractivity contribution in [3.05, 3.63) is 84.2 Å². The molecule has 0 fully saturated rings. The van der Waals surface area contributed by atoms with E-state index < -0.39 is 0 Å². The highest BCUT2D eigenvalue weighted by atomic mass is 19.1. The van der Waals surface area contributed by atoms with Crippen molar-refractivity contribution in [3.8, 4) is 16.9 Å². The number of halogens is 1. The Labute approximate surface area is 183 Å². The fourth-order valence-electron chi connectivity index (χ4n) is 3.52. The molecule has 3 aromatic rings. The van der Waals surface area contributed by atoms with Crippen LogP contribution in [0.4, 0.5) is 14.9 Å². The van der Waals surface area contributed by atoms with E-state index in [1.165, 1.54) is 17.7 Å². The summed E-state index contributed by atoms with van der Waals surface area (Å²) in [5.41, 5.74) is 2.80. The Bertz CT molecular complexity index is 1000. The number of unbranched alkanes of at least 4 members (excludes halogenated alkanes) is 1. The smallest absolute Gasteiger partial charge is 0.319 e. The van der Waals surface area contributed by atoms with Crippen LogP contribution in [0.3, 0.4) is 0 Å². The number of amides is 2. The topological polar surface area (TPSA) is 61.4 Å². The van der Waals surface area contributed by atoms with Crippen LogP contribution in [0.2, 0.25) is 0 Å². The molecule has 0 atom stereocenters. The van der Waals surface area contributed by atoms with Crippen molar-refractivity contribution >= 4 is 11.7 Å². The first kappa shape index (κ1) is 22.3. The van der Waals surface area contributed by atoms with Gasteiger partial charge in [0.1, 0.15) is 11.6 Å². The summed E-state index contributed by atoms with van der Waals surface area (Å²) in [4.78, 5) is 12.5. The minimum absolute atomic E-state index is 0.0438. The number of carbonyl (C=O) groups is 1. The number of phenols is 1. The summed E-state index contributed by atoms with van der Waals surface area (Å²) in [5.74, 6) is -0.358. The maximum absolute atomic E-state index is 13.1. The molecule has 3 aromatic carbocycles. The quantitative estimate of drug-likeness (QED) is 0.287. The molecule has 0 aliphatic heterocycles. The first-order valence-electron chi connectivity index (χ1n) is 10.5. The first-order chi connectivity index (χ1) is 14.8. The molecule has 0 saturated carbocycles. The van der Waals surface area contributed by atoms with Gasteiger partial charge in [-0.2, -0.15) is 0 Å². The van der Waals surface area contributed by atoms with Crippen LogP contribution in [0, 0.1) is 5.82 Å². The monoisotopic (exact) mass is 420 g/mol. The number of carbonyl (C=O) groups excluding carboxylic acids is 1. The fraction of sp³-hybridized carbons (Fsp3) is 0.269. The van der Waals surface area contributed by atoms with E-state index in [2.05, 4.69) is 22.8 Å². The molecule has 4 nitrogen and oxygen atoms in total. The minimum atomic E-state index is -0.371. The van der Waals surface area contributed by atoms with Gasteiger partial charge in [0.05, 0.1) is 5.69 Å². The fourth-order valence-corrected chi connectivity index (χ4v) is 3.52. The Morgan fingerprint density at radius 1 is 0.935 bits per heavy atom. The van der Waals surface area contributed by atoms with Crippen LogP contribution in [0.15, 0.2) is 72.8 Å². The number of aryl methyl sites for hydroxylation is 1. The summed E-state index contributed by atoms with van der Waals surface area (Å²) in [6.07, 6.45) is 3.93. The van der Waals surface area contributed by atoms with Gasteiger partial charge in [-0.3, -0.25) is 0 Å². The van der Waals surface area contributed by atoms with Gasteiger partial charge in [0, 0.05) is 5.54 Å². The van der Waals surface area contributed by atoms with Gasteiger partial charge >= 0.3 is 6.03 Å². The number of hydrogen-bond donors (Lipinski definition) is 3. The average Bonchev–Trinajstić information content (AvgIpc) is 2.74. The molecule has 0 aliphatic rings. The van der Waals surface area contributed by atoms with Crippen molar-refractivity contribution in [2.75, 3.05) is 5.32 Å². The zero-order valence-corrected chi connectivity index (χ0v) is 18.0. The minimum Gasteiger partial charge on any atom is -0.506 e. The number of urea groups is 1. The molecule has 3 N–H and O–H groups in total. The molecule has 5 heteroatoms. The predicted molar refractivity (Wildman–Crippen MR) is 124 cm³/mol. The first-order valence-corrected chi connectivity index (χ1v) is 10.5. The molecule has 0 saturated heterocycles. The molecule has 0 spiro atoms. The third kappa shape index (κ3) is 6.85. The van der Waals surface area contributed by atoms with E-state index in [-0.39, 0.29) is 23.1 Å². The van der Waals surface area contributed by atoms with E-state index in [0.29, 0.717) is 5.69 Å². The highest BCUT2D eigenvalue weighted by Crippen LogP contribution is 2.30. The standard InChI is InChI=1S/C26H29FN2O2/c1-26(2,17-7-6-10-19-8-4-3-5-9-19)29-25(31)28-23-16-13-21(18-24(23)30)20-11-14-22(27)15-12-20/h3-5,8-9,11-16,18,30H,6-7,10,17H2,1-2H3,(H2,28,29,31). The highest BCUT2D eigenvalue weighted by molar-refractivity contribution is 5.91. The summed E-state index contributed by atoms with van der Waals surface area (Å²) in [6, 6.07) is 21.0. The van der Waals surface area contributed by atoms with Crippen LogP contribution in [0.5, 0.6) is 5.75 Å². The molecular weight excluding hydrogens is 391 g/mol. The maximum atomic E-state index is 13.1. The van der Waals surface area contributed by atoms with Crippen LogP contribution in [0.1, 0.15) is 38.7 Å². The highest BCUT2D eigenvalue weighted by Gasteiger charge is 2.20. The van der Waals surface area contributed by atoms with Crippen LogP contribution in [-0.4, -0.2) is 16.7 Å². The molecule has 3 rings (SSSR count). The lowest BCUT2D eigenvalue weighted by Crippen LogP contribution is -2.45. The van der Waals surface area contributed by atoms with Gasteiger partial charge in [-0.25, -0.2) is 9.18 Å². The lowest BCUT2D eigenvalue weighted by atomic mass is 9.96. The second-order valence-electron chi connectivity index (χ2n) is 8.39. The molecular formula is C26H29FN2O2. The van der Waals surface area contributed by atoms with E-state index in [4.69, 9.17) is 0 Å². The van der Waals surface area contributed by atoms with Crippen LogP contribution < -0.4 is 10.6 Å². The number of hydrogen-bond acceptors (Lipinski definition) is 2. The van der Waals surface area contributed by atoms with E-state index in [9.17, 15) is 14.3 Å². The third-order valence-corrected chi connectivity index (χ3v) is 5.24. The van der Waals surface area contributed by atoms with Crippen molar-refractivity contribution < 1.29 is 14.3 Å². The molecule has 162 valence electrons. The van der Waals surface area contributed by atoms with Gasteiger partial charge < -0.3 is 15.7 Å². The Hall–Kier alpha value is -3.34. The molecule has 0 unspecified atom stereocenters. The van der Waals surface area contributed by atoms with Crippen LogP contribution in [-0.2, 0) is 6.42 Å². The Kier molecular flexibility index (Phi) is 7.29. The Morgan fingerprint density at radius 2 is 1.61 bits per heavy atom. The third-order valence-electron chi connectivity index (χ3n) is 5.24. The second kappa shape index (κ2) is 10.1. The average molecular weight is 421 g/mol. The molecule has 0 aliphatic carbocycles. The molecule has 0 radical (unpaired) electrons. The summed E-state index contributed by atoms with van der Waals surface area (Å²) in [6.45, 7) is 3.99. The number of nitrogens with one attached hydrogen (secondary N) is 2. The normalized spacial score (nSPS) is 11.2. The number of aromatic hydroxyl groups is 1. The van der Waals surface area contributed by atoms with E-state index in [0.717, 1.165) is 36.8 Å². The molecule has 0 aromatic heterocycles. The van der Waals surface area contributed by atoms with Crippen molar-refractivity contribution in [1.82, 2.24) is 5.32 Å².